The first-order chi connectivity index (χ1) is 7.06. The van der Waals surface area contributed by atoms with E-state index in [0.717, 1.165) is 0 Å². The maximum Gasteiger partial charge on any atom is 0.326 e. The highest BCUT2D eigenvalue weighted by atomic mass is 79.9. The summed E-state index contributed by atoms with van der Waals surface area (Å²) in [7, 11) is 1.31. The molecule has 1 rings (SSSR count). The topological polar surface area (TPSA) is 35.5 Å². The SMILES string of the molecule is [CH2]C(Br)(COc1ccccc1)C(=O)OC. The zero-order valence-electron chi connectivity index (χ0n) is 8.40. The highest BCUT2D eigenvalue weighted by Crippen LogP contribution is 2.20. The van der Waals surface area contributed by atoms with Gasteiger partial charge in [-0.05, 0) is 19.1 Å². The second-order valence-corrected chi connectivity index (χ2v) is 4.58. The van der Waals surface area contributed by atoms with E-state index in [9.17, 15) is 4.79 Å². The number of halogens is 1. The molecule has 1 aromatic carbocycles. The smallest absolute Gasteiger partial charge is 0.326 e. The van der Waals surface area contributed by atoms with Gasteiger partial charge in [-0.15, -0.1) is 0 Å². The zero-order chi connectivity index (χ0) is 11.3. The van der Waals surface area contributed by atoms with Crippen LogP contribution < -0.4 is 4.74 Å². The molecular formula is C11H12BrO3. The summed E-state index contributed by atoms with van der Waals surface area (Å²) in [4.78, 5) is 11.2. The molecule has 0 saturated carbocycles. The number of rotatable bonds is 4. The summed E-state index contributed by atoms with van der Waals surface area (Å²) in [5.41, 5.74) is 0. The van der Waals surface area contributed by atoms with Gasteiger partial charge in [0.15, 0.2) is 4.32 Å². The van der Waals surface area contributed by atoms with Crippen LogP contribution >= 0.6 is 15.9 Å². The van der Waals surface area contributed by atoms with E-state index in [1.807, 2.05) is 18.2 Å². The Morgan fingerprint density at radius 1 is 1.47 bits per heavy atom. The van der Waals surface area contributed by atoms with Crippen molar-refractivity contribution in [2.45, 2.75) is 4.32 Å². The summed E-state index contributed by atoms with van der Waals surface area (Å²) in [5, 5.41) is 0. The first-order valence-electron chi connectivity index (χ1n) is 4.37. The number of hydrogen-bond donors (Lipinski definition) is 0. The third-order valence-corrected chi connectivity index (χ3v) is 2.31. The minimum Gasteiger partial charge on any atom is -0.492 e. The van der Waals surface area contributed by atoms with Crippen molar-refractivity contribution < 1.29 is 14.3 Å². The van der Waals surface area contributed by atoms with Gasteiger partial charge in [-0.3, -0.25) is 4.79 Å². The van der Waals surface area contributed by atoms with Crippen LogP contribution in [-0.4, -0.2) is 24.0 Å². The molecule has 15 heavy (non-hydrogen) atoms. The fraction of sp³-hybridized carbons (Fsp3) is 0.273. The zero-order valence-corrected chi connectivity index (χ0v) is 9.99. The van der Waals surface area contributed by atoms with Crippen LogP contribution in [0.4, 0.5) is 0 Å². The van der Waals surface area contributed by atoms with E-state index in [1.54, 1.807) is 12.1 Å². The summed E-state index contributed by atoms with van der Waals surface area (Å²) in [6.07, 6.45) is 0. The molecule has 0 spiro atoms. The monoisotopic (exact) mass is 271 g/mol. The molecule has 0 amide bonds. The average Bonchev–Trinajstić information content (AvgIpc) is 2.27. The Kier molecular flexibility index (Phi) is 4.15. The van der Waals surface area contributed by atoms with Crippen molar-refractivity contribution in [3.63, 3.8) is 0 Å². The van der Waals surface area contributed by atoms with Gasteiger partial charge in [0.1, 0.15) is 12.4 Å². The lowest BCUT2D eigenvalue weighted by atomic mass is 10.2. The Bertz CT molecular complexity index is 322. The third-order valence-electron chi connectivity index (χ3n) is 1.76. The first kappa shape index (κ1) is 12.0. The summed E-state index contributed by atoms with van der Waals surface area (Å²) in [5.74, 6) is 0.229. The van der Waals surface area contributed by atoms with Crippen LogP contribution in [0.2, 0.25) is 0 Å². The second-order valence-electron chi connectivity index (χ2n) is 3.06. The normalized spacial score (nSPS) is 14.1. The standard InChI is InChI=1S/C11H12BrO3/c1-11(12,10(13)14-2)8-15-9-6-4-3-5-7-9/h3-7H,1,8H2,2H3. The molecule has 0 aliphatic heterocycles. The number of carbonyl (C=O) groups is 1. The molecule has 3 nitrogen and oxygen atoms in total. The number of benzene rings is 1. The Balaban J connectivity index is 2.53. The number of hydrogen-bond acceptors (Lipinski definition) is 3. The summed E-state index contributed by atoms with van der Waals surface area (Å²) < 4.78 is 8.90. The van der Waals surface area contributed by atoms with Crippen molar-refractivity contribution in [1.82, 2.24) is 0 Å². The molecular weight excluding hydrogens is 260 g/mol. The number of carbonyl (C=O) groups excluding carboxylic acids is 1. The van der Waals surface area contributed by atoms with Gasteiger partial charge in [-0.1, -0.05) is 34.1 Å². The van der Waals surface area contributed by atoms with Crippen molar-refractivity contribution in [2.24, 2.45) is 0 Å². The van der Waals surface area contributed by atoms with Crippen LogP contribution in [0.5, 0.6) is 5.75 Å². The molecule has 4 heteroatoms. The molecule has 1 atom stereocenters. The molecule has 81 valence electrons. The average molecular weight is 272 g/mol. The molecule has 0 aliphatic carbocycles. The highest BCUT2D eigenvalue weighted by Gasteiger charge is 2.32. The first-order valence-corrected chi connectivity index (χ1v) is 5.16. The maximum absolute atomic E-state index is 11.2. The van der Waals surface area contributed by atoms with Gasteiger partial charge < -0.3 is 9.47 Å². The minimum absolute atomic E-state index is 0.115. The summed E-state index contributed by atoms with van der Waals surface area (Å²) >= 11 is 3.15. The van der Waals surface area contributed by atoms with Crippen molar-refractivity contribution in [3.8, 4) is 5.75 Å². The number of ether oxygens (including phenoxy) is 2. The molecule has 0 aromatic heterocycles. The van der Waals surface area contributed by atoms with Crippen molar-refractivity contribution in [1.29, 1.82) is 0 Å². The number of methoxy groups -OCH3 is 1. The third kappa shape index (κ3) is 3.55. The molecule has 0 N–H and O–H groups in total. The van der Waals surface area contributed by atoms with Crippen molar-refractivity contribution in [3.05, 3.63) is 37.3 Å². The molecule has 0 heterocycles. The fourth-order valence-electron chi connectivity index (χ4n) is 0.956. The van der Waals surface area contributed by atoms with E-state index in [0.29, 0.717) is 5.75 Å². The van der Waals surface area contributed by atoms with E-state index in [-0.39, 0.29) is 6.61 Å². The van der Waals surface area contributed by atoms with Gasteiger partial charge in [0.05, 0.1) is 7.11 Å². The molecule has 1 unspecified atom stereocenters. The van der Waals surface area contributed by atoms with Crippen molar-refractivity contribution in [2.75, 3.05) is 13.7 Å². The van der Waals surface area contributed by atoms with Crippen LogP contribution in [0.3, 0.4) is 0 Å². The number of esters is 1. The van der Waals surface area contributed by atoms with E-state index in [1.165, 1.54) is 7.11 Å². The lowest BCUT2D eigenvalue weighted by molar-refractivity contribution is -0.142. The van der Waals surface area contributed by atoms with Gasteiger partial charge >= 0.3 is 5.97 Å². The van der Waals surface area contributed by atoms with Gasteiger partial charge in [0.2, 0.25) is 0 Å². The van der Waals surface area contributed by atoms with Crippen LogP contribution in [0.1, 0.15) is 0 Å². The van der Waals surface area contributed by atoms with Crippen LogP contribution in [0, 0.1) is 6.92 Å². The largest absolute Gasteiger partial charge is 0.492 e. The quantitative estimate of drug-likeness (QED) is 0.622. The molecule has 0 aliphatic rings. The second kappa shape index (κ2) is 5.16. The Labute approximate surface area is 97.5 Å². The highest BCUT2D eigenvalue weighted by molar-refractivity contribution is 9.10. The molecule has 1 aromatic rings. The van der Waals surface area contributed by atoms with Gasteiger partial charge in [-0.25, -0.2) is 0 Å². The van der Waals surface area contributed by atoms with E-state index >= 15 is 0 Å². The summed E-state index contributed by atoms with van der Waals surface area (Å²) in [6, 6.07) is 9.21. The number of alkyl halides is 1. The predicted molar refractivity (Wildman–Crippen MR) is 61.0 cm³/mol. The maximum atomic E-state index is 11.2. The lowest BCUT2D eigenvalue weighted by Crippen LogP contribution is -2.36. The van der Waals surface area contributed by atoms with Crippen LogP contribution in [0.25, 0.3) is 0 Å². The Morgan fingerprint density at radius 2 is 2.07 bits per heavy atom. The molecule has 0 saturated heterocycles. The Hall–Kier alpha value is -1.03. The predicted octanol–water partition coefficient (Wildman–Crippen LogP) is 2.21. The fourth-order valence-corrected chi connectivity index (χ4v) is 1.23. The van der Waals surface area contributed by atoms with Crippen LogP contribution in [0.15, 0.2) is 30.3 Å². The molecule has 0 bridgehead atoms. The summed E-state index contributed by atoms with van der Waals surface area (Å²) in [6.45, 7) is 3.79. The molecule has 1 radical (unpaired) electrons. The van der Waals surface area contributed by atoms with Crippen molar-refractivity contribution >= 4 is 21.9 Å². The van der Waals surface area contributed by atoms with Gasteiger partial charge in [0, 0.05) is 0 Å². The van der Waals surface area contributed by atoms with Gasteiger partial charge in [0.25, 0.3) is 0 Å². The number of para-hydroxylation sites is 1. The van der Waals surface area contributed by atoms with E-state index < -0.39 is 10.3 Å². The molecule has 0 fully saturated rings. The van der Waals surface area contributed by atoms with E-state index in [4.69, 9.17) is 4.74 Å². The minimum atomic E-state index is -1.06. The lowest BCUT2D eigenvalue weighted by Gasteiger charge is -2.19. The Morgan fingerprint density at radius 3 is 2.60 bits per heavy atom. The van der Waals surface area contributed by atoms with E-state index in [2.05, 4.69) is 27.6 Å². The van der Waals surface area contributed by atoms with Gasteiger partial charge in [-0.2, -0.15) is 0 Å². The van der Waals surface area contributed by atoms with Crippen LogP contribution in [-0.2, 0) is 9.53 Å².